The molecule has 0 spiro atoms. The quantitative estimate of drug-likeness (QED) is 0.574. The first kappa shape index (κ1) is 16.5. The molecule has 0 amide bonds. The molecule has 0 bridgehead atoms. The predicted octanol–water partition coefficient (Wildman–Crippen LogP) is 4.41. The molecule has 0 saturated heterocycles. The van der Waals surface area contributed by atoms with Gasteiger partial charge in [0.2, 0.25) is 0 Å². The SMILES string of the molecule is FC(F)(F)c1nnc2ccc(N[C@H](c3ccccc3)c3cccs3)nn12. The Morgan fingerprint density at radius 3 is 2.46 bits per heavy atom. The Labute approximate surface area is 150 Å². The van der Waals surface area contributed by atoms with E-state index in [0.29, 0.717) is 10.3 Å². The van der Waals surface area contributed by atoms with Gasteiger partial charge >= 0.3 is 6.18 Å². The van der Waals surface area contributed by atoms with Gasteiger partial charge in [-0.05, 0) is 29.1 Å². The van der Waals surface area contributed by atoms with E-state index < -0.39 is 12.0 Å². The zero-order chi connectivity index (χ0) is 18.1. The molecule has 0 radical (unpaired) electrons. The van der Waals surface area contributed by atoms with Gasteiger partial charge < -0.3 is 5.32 Å². The number of thiophene rings is 1. The van der Waals surface area contributed by atoms with Crippen molar-refractivity contribution >= 4 is 22.8 Å². The summed E-state index contributed by atoms with van der Waals surface area (Å²) in [6.07, 6.45) is -4.63. The lowest BCUT2D eigenvalue weighted by Gasteiger charge is -2.18. The highest BCUT2D eigenvalue weighted by molar-refractivity contribution is 7.10. The molecule has 0 aliphatic carbocycles. The minimum atomic E-state index is -4.63. The normalized spacial score (nSPS) is 13.0. The second-order valence-electron chi connectivity index (χ2n) is 5.51. The summed E-state index contributed by atoms with van der Waals surface area (Å²) in [5.41, 5.74) is 1.02. The monoisotopic (exact) mass is 375 g/mol. The molecule has 5 nitrogen and oxygen atoms in total. The Morgan fingerprint density at radius 2 is 1.77 bits per heavy atom. The Bertz CT molecular complexity index is 1010. The van der Waals surface area contributed by atoms with Crippen LogP contribution in [0.15, 0.2) is 60.0 Å². The van der Waals surface area contributed by atoms with Crippen LogP contribution in [0, 0.1) is 0 Å². The number of alkyl halides is 3. The lowest BCUT2D eigenvalue weighted by molar-refractivity contribution is -0.146. The highest BCUT2D eigenvalue weighted by Crippen LogP contribution is 2.30. The summed E-state index contributed by atoms with van der Waals surface area (Å²) in [7, 11) is 0. The maximum absolute atomic E-state index is 13.1. The summed E-state index contributed by atoms with van der Waals surface area (Å²) in [5.74, 6) is -0.853. The number of nitrogens with zero attached hydrogens (tertiary/aromatic N) is 4. The summed E-state index contributed by atoms with van der Waals surface area (Å²) >= 11 is 1.56. The van der Waals surface area contributed by atoms with Gasteiger partial charge in [0.05, 0.1) is 6.04 Å². The van der Waals surface area contributed by atoms with E-state index in [4.69, 9.17) is 0 Å². The van der Waals surface area contributed by atoms with Crippen molar-refractivity contribution in [3.63, 3.8) is 0 Å². The van der Waals surface area contributed by atoms with E-state index in [1.807, 2.05) is 47.8 Å². The van der Waals surface area contributed by atoms with Gasteiger partial charge in [-0.25, -0.2) is 0 Å². The molecule has 4 rings (SSSR count). The van der Waals surface area contributed by atoms with Crippen LogP contribution in [0.3, 0.4) is 0 Å². The van der Waals surface area contributed by atoms with E-state index in [-0.39, 0.29) is 11.7 Å². The summed E-state index contributed by atoms with van der Waals surface area (Å²) in [6.45, 7) is 0. The molecule has 3 heterocycles. The fourth-order valence-corrected chi connectivity index (χ4v) is 3.41. The molecule has 9 heteroatoms. The van der Waals surface area contributed by atoms with Gasteiger partial charge in [0.25, 0.3) is 5.82 Å². The molecule has 0 aliphatic rings. The van der Waals surface area contributed by atoms with Crippen LogP contribution in [0.5, 0.6) is 0 Å². The minimum Gasteiger partial charge on any atom is -0.357 e. The van der Waals surface area contributed by atoms with Crippen LogP contribution < -0.4 is 5.32 Å². The molecule has 3 aromatic heterocycles. The number of rotatable bonds is 4. The number of aromatic nitrogens is 4. The lowest BCUT2D eigenvalue weighted by Crippen LogP contribution is -2.16. The molecule has 0 saturated carbocycles. The van der Waals surface area contributed by atoms with Gasteiger partial charge in [0.15, 0.2) is 5.65 Å². The van der Waals surface area contributed by atoms with E-state index >= 15 is 0 Å². The molecule has 1 aromatic carbocycles. The third kappa shape index (κ3) is 3.13. The maximum atomic E-state index is 13.1. The Morgan fingerprint density at radius 1 is 0.962 bits per heavy atom. The molecule has 4 aromatic rings. The lowest BCUT2D eigenvalue weighted by atomic mass is 10.1. The zero-order valence-corrected chi connectivity index (χ0v) is 14.0. The molecule has 132 valence electrons. The number of hydrogen-bond donors (Lipinski definition) is 1. The van der Waals surface area contributed by atoms with Crippen LogP contribution in [-0.4, -0.2) is 19.8 Å². The first-order valence-corrected chi connectivity index (χ1v) is 8.55. The van der Waals surface area contributed by atoms with Gasteiger partial charge in [-0.1, -0.05) is 36.4 Å². The van der Waals surface area contributed by atoms with E-state index in [1.54, 1.807) is 17.4 Å². The number of hydrogen-bond acceptors (Lipinski definition) is 5. The Hall–Kier alpha value is -2.94. The third-order valence-corrected chi connectivity index (χ3v) is 4.71. The van der Waals surface area contributed by atoms with Crippen molar-refractivity contribution in [2.24, 2.45) is 0 Å². The zero-order valence-electron chi connectivity index (χ0n) is 13.2. The number of halogens is 3. The number of anilines is 1. The van der Waals surface area contributed by atoms with E-state index in [0.717, 1.165) is 10.4 Å². The van der Waals surface area contributed by atoms with Crippen LogP contribution in [0.25, 0.3) is 5.65 Å². The first-order chi connectivity index (χ1) is 12.5. The molecular weight excluding hydrogens is 363 g/mol. The summed E-state index contributed by atoms with van der Waals surface area (Å²) in [5, 5.41) is 15.9. The molecule has 0 aliphatic heterocycles. The van der Waals surface area contributed by atoms with Gasteiger partial charge in [-0.3, -0.25) is 0 Å². The van der Waals surface area contributed by atoms with Crippen LogP contribution in [-0.2, 0) is 6.18 Å². The highest BCUT2D eigenvalue weighted by Gasteiger charge is 2.37. The van der Waals surface area contributed by atoms with Gasteiger partial charge in [-0.2, -0.15) is 17.7 Å². The molecule has 1 atom stereocenters. The van der Waals surface area contributed by atoms with Crippen LogP contribution in [0.1, 0.15) is 22.3 Å². The molecule has 0 fully saturated rings. The van der Waals surface area contributed by atoms with Crippen molar-refractivity contribution in [3.05, 3.63) is 76.2 Å². The maximum Gasteiger partial charge on any atom is 0.453 e. The van der Waals surface area contributed by atoms with Crippen LogP contribution in [0.2, 0.25) is 0 Å². The summed E-state index contributed by atoms with van der Waals surface area (Å²) in [6, 6.07) is 16.3. The fraction of sp³-hybridized carbons (Fsp3) is 0.118. The van der Waals surface area contributed by atoms with Crippen molar-refractivity contribution in [2.45, 2.75) is 12.2 Å². The van der Waals surface area contributed by atoms with Crippen molar-refractivity contribution in [1.82, 2.24) is 19.8 Å². The Balaban J connectivity index is 1.74. The molecule has 26 heavy (non-hydrogen) atoms. The predicted molar refractivity (Wildman–Crippen MR) is 92.0 cm³/mol. The molecule has 1 N–H and O–H groups in total. The van der Waals surface area contributed by atoms with Crippen molar-refractivity contribution in [1.29, 1.82) is 0 Å². The second kappa shape index (κ2) is 6.41. The largest absolute Gasteiger partial charge is 0.453 e. The molecular formula is C17H12F3N5S. The second-order valence-corrected chi connectivity index (χ2v) is 6.49. The summed E-state index contributed by atoms with van der Waals surface area (Å²) in [4.78, 5) is 1.03. The summed E-state index contributed by atoms with van der Waals surface area (Å²) < 4.78 is 39.9. The number of benzene rings is 1. The third-order valence-electron chi connectivity index (χ3n) is 3.77. The first-order valence-electron chi connectivity index (χ1n) is 7.67. The van der Waals surface area contributed by atoms with Crippen LogP contribution in [0.4, 0.5) is 19.0 Å². The van der Waals surface area contributed by atoms with E-state index in [2.05, 4.69) is 20.6 Å². The van der Waals surface area contributed by atoms with Crippen molar-refractivity contribution < 1.29 is 13.2 Å². The van der Waals surface area contributed by atoms with Gasteiger partial charge in [-0.15, -0.1) is 26.6 Å². The van der Waals surface area contributed by atoms with Crippen molar-refractivity contribution in [2.75, 3.05) is 5.32 Å². The van der Waals surface area contributed by atoms with E-state index in [9.17, 15) is 13.2 Å². The minimum absolute atomic E-state index is 0.0373. The van der Waals surface area contributed by atoms with Crippen molar-refractivity contribution in [3.8, 4) is 0 Å². The Kier molecular flexibility index (Phi) is 4.08. The molecule has 0 unspecified atom stereocenters. The van der Waals surface area contributed by atoms with E-state index in [1.165, 1.54) is 6.07 Å². The van der Waals surface area contributed by atoms with Crippen LogP contribution >= 0.6 is 11.3 Å². The number of fused-ring (bicyclic) bond motifs is 1. The average Bonchev–Trinajstić information content (AvgIpc) is 3.29. The topological polar surface area (TPSA) is 55.1 Å². The average molecular weight is 375 g/mol. The smallest absolute Gasteiger partial charge is 0.357 e. The van der Waals surface area contributed by atoms with Gasteiger partial charge in [0, 0.05) is 4.88 Å². The number of nitrogens with one attached hydrogen (secondary N) is 1. The standard InChI is InChI=1S/C17H12F3N5S/c18-17(19,20)16-23-22-14-9-8-13(24-25(14)16)21-15(12-7-4-10-26-12)11-5-2-1-3-6-11/h1-10,15H,(H,21,24)/t15-/m1/s1. The van der Waals surface area contributed by atoms with Gasteiger partial charge in [0.1, 0.15) is 5.82 Å². The highest BCUT2D eigenvalue weighted by atomic mass is 32.1. The fourth-order valence-electron chi connectivity index (χ4n) is 2.61.